The van der Waals surface area contributed by atoms with Gasteiger partial charge in [-0.25, -0.2) is 4.39 Å². The Balaban J connectivity index is 0.000000283. The van der Waals surface area contributed by atoms with Crippen molar-refractivity contribution in [2.75, 3.05) is 57.7 Å². The minimum atomic E-state index is -4.79. The van der Waals surface area contributed by atoms with E-state index in [9.17, 15) is 31.9 Å². The number of anilines is 1. The maximum absolute atomic E-state index is 14.0. The number of halogens is 6. The Labute approximate surface area is 271 Å². The lowest BCUT2D eigenvalue weighted by molar-refractivity contribution is -0.187. The van der Waals surface area contributed by atoms with Crippen molar-refractivity contribution in [2.45, 2.75) is 45.7 Å². The Morgan fingerprint density at radius 2 is 1.60 bits per heavy atom. The number of rotatable bonds is 8. The molecule has 0 aliphatic carbocycles. The summed E-state index contributed by atoms with van der Waals surface area (Å²) in [5.74, 6) is -2.11. The van der Waals surface area contributed by atoms with Gasteiger partial charge in [-0.05, 0) is 40.8 Å². The second-order valence-electron chi connectivity index (χ2n) is 12.2. The summed E-state index contributed by atoms with van der Waals surface area (Å²) in [5, 5.41) is 9.08. The third-order valence-electron chi connectivity index (χ3n) is 6.76. The average Bonchev–Trinajstić information content (AvgIpc) is 3.44. The molecule has 2 unspecified atom stereocenters. The number of nitrogens with one attached hydrogen (secondary N) is 3. The molecule has 45 heavy (non-hydrogen) atoms. The molecule has 2 heterocycles. The van der Waals surface area contributed by atoms with Crippen molar-refractivity contribution in [1.29, 1.82) is 0 Å². The van der Waals surface area contributed by atoms with Gasteiger partial charge in [0.1, 0.15) is 5.82 Å². The maximum Gasteiger partial charge on any atom is 0.471 e. The molecule has 8 nitrogen and oxygen atoms in total. The molecule has 2 aliphatic heterocycles. The van der Waals surface area contributed by atoms with Crippen LogP contribution in [0.3, 0.4) is 0 Å². The predicted octanol–water partition coefficient (Wildman–Crippen LogP) is 5.66. The number of carbonyl (C=O) groups excluding carboxylic acids is 3. The second kappa shape index (κ2) is 17.7. The van der Waals surface area contributed by atoms with Gasteiger partial charge >= 0.3 is 12.1 Å². The molecule has 2 aromatic carbocycles. The lowest BCUT2D eigenvalue weighted by Gasteiger charge is -2.34. The molecule has 3 amide bonds. The van der Waals surface area contributed by atoms with Crippen LogP contribution in [0.1, 0.15) is 50.7 Å². The number of hydrogen-bond donors (Lipinski definition) is 3. The van der Waals surface area contributed by atoms with Gasteiger partial charge in [0.25, 0.3) is 0 Å². The highest BCUT2D eigenvalue weighted by Gasteiger charge is 2.43. The van der Waals surface area contributed by atoms with Gasteiger partial charge in [-0.3, -0.25) is 19.3 Å². The summed E-state index contributed by atoms with van der Waals surface area (Å²) in [6.07, 6.45) is -3.64. The zero-order chi connectivity index (χ0) is 33.8. The lowest BCUT2D eigenvalue weighted by atomic mass is 9.83. The molecule has 14 heteroatoms. The van der Waals surface area contributed by atoms with Crippen LogP contribution >= 0.6 is 23.2 Å². The van der Waals surface area contributed by atoms with Gasteiger partial charge in [0, 0.05) is 74.9 Å². The van der Waals surface area contributed by atoms with Crippen LogP contribution in [0.15, 0.2) is 36.4 Å². The van der Waals surface area contributed by atoms with Crippen LogP contribution in [0.2, 0.25) is 10.0 Å². The normalized spacial score (nSPS) is 18.6. The summed E-state index contributed by atoms with van der Waals surface area (Å²) in [7, 11) is 0. The molecule has 0 spiro atoms. The lowest BCUT2D eigenvalue weighted by Crippen LogP contribution is -2.53. The van der Waals surface area contributed by atoms with E-state index in [1.807, 2.05) is 29.2 Å². The van der Waals surface area contributed by atoms with Crippen molar-refractivity contribution in [3.63, 3.8) is 0 Å². The van der Waals surface area contributed by atoms with Gasteiger partial charge in [-0.1, -0.05) is 63.0 Å². The number of nitrogens with zero attached hydrogens (tertiary/aromatic N) is 2. The molecule has 0 aromatic heterocycles. The van der Waals surface area contributed by atoms with Crippen LogP contribution < -0.4 is 16.0 Å². The van der Waals surface area contributed by atoms with Gasteiger partial charge in [0.15, 0.2) is 0 Å². The van der Waals surface area contributed by atoms with Gasteiger partial charge in [-0.15, -0.1) is 0 Å². The smallest absolute Gasteiger partial charge is 0.357 e. The number of hydrogen-bond acceptors (Lipinski definition) is 5. The van der Waals surface area contributed by atoms with Crippen LogP contribution in [-0.2, 0) is 14.4 Å². The van der Waals surface area contributed by atoms with Crippen molar-refractivity contribution < 1.29 is 31.9 Å². The first-order chi connectivity index (χ1) is 21.0. The van der Waals surface area contributed by atoms with Gasteiger partial charge in [0.2, 0.25) is 12.8 Å². The van der Waals surface area contributed by atoms with E-state index in [0.717, 1.165) is 22.6 Å². The third kappa shape index (κ3) is 13.1. The van der Waals surface area contributed by atoms with Crippen LogP contribution in [0.25, 0.3) is 0 Å². The number of carbonyl (C=O) groups is 3. The van der Waals surface area contributed by atoms with E-state index in [1.54, 1.807) is 0 Å². The van der Waals surface area contributed by atoms with Crippen LogP contribution in [0.5, 0.6) is 0 Å². The molecule has 250 valence electrons. The Bertz CT molecular complexity index is 1260. The highest BCUT2D eigenvalue weighted by molar-refractivity contribution is 6.31. The first kappa shape index (κ1) is 38.3. The molecule has 0 radical (unpaired) electrons. The van der Waals surface area contributed by atoms with E-state index in [-0.39, 0.29) is 29.9 Å². The van der Waals surface area contributed by atoms with E-state index < -0.39 is 17.9 Å². The monoisotopic (exact) mass is 677 g/mol. The first-order valence-corrected chi connectivity index (χ1v) is 15.2. The summed E-state index contributed by atoms with van der Waals surface area (Å²) >= 11 is 11.9. The number of piperazine rings is 1. The van der Waals surface area contributed by atoms with Crippen molar-refractivity contribution >= 4 is 47.6 Å². The summed E-state index contributed by atoms with van der Waals surface area (Å²) in [4.78, 5) is 34.5. The standard InChI is InChI=1S/C17H15Cl2FN2O.C9H14F3N3O2.C5H12/c18-11-3-1-2-10(4-11)13-7-21-8-14(13)12-5-16(20)15(19)6-17(12)22-9-23;10-9(11,12)8(17)15-5-3-14(4-6-15)2-1-13-7-16;1-5(2,3)4/h1-6,9,13-14,21H,7-8H2,(H,22,23);7H,1-6H2,(H,13,16);1-4H3. The fraction of sp³-hybridized carbons (Fsp3) is 0.516. The van der Waals surface area contributed by atoms with Gasteiger partial charge < -0.3 is 20.9 Å². The minimum Gasteiger partial charge on any atom is -0.357 e. The molecule has 2 aromatic rings. The largest absolute Gasteiger partial charge is 0.471 e. The Kier molecular flexibility index (Phi) is 15.0. The zero-order valence-corrected chi connectivity index (χ0v) is 27.3. The van der Waals surface area contributed by atoms with E-state index in [0.29, 0.717) is 61.7 Å². The molecule has 2 fully saturated rings. The first-order valence-electron chi connectivity index (χ1n) is 14.5. The topological polar surface area (TPSA) is 93.8 Å². The molecule has 2 saturated heterocycles. The molecule has 2 atom stereocenters. The zero-order valence-electron chi connectivity index (χ0n) is 25.8. The molecular formula is C31H41Cl2F4N5O3. The third-order valence-corrected chi connectivity index (χ3v) is 7.28. The number of benzene rings is 2. The molecule has 0 bridgehead atoms. The summed E-state index contributed by atoms with van der Waals surface area (Å²) < 4.78 is 50.3. The van der Waals surface area contributed by atoms with E-state index >= 15 is 0 Å². The quantitative estimate of drug-likeness (QED) is 0.190. The van der Waals surface area contributed by atoms with Crippen LogP contribution in [-0.4, -0.2) is 87.1 Å². The predicted molar refractivity (Wildman–Crippen MR) is 169 cm³/mol. The highest BCUT2D eigenvalue weighted by atomic mass is 35.5. The van der Waals surface area contributed by atoms with Gasteiger partial charge in [-0.2, -0.15) is 13.2 Å². The molecule has 4 rings (SSSR count). The van der Waals surface area contributed by atoms with E-state index in [4.69, 9.17) is 23.2 Å². The van der Waals surface area contributed by atoms with Crippen molar-refractivity contribution in [3.05, 3.63) is 63.4 Å². The SMILES string of the molecule is CC(C)(C)C.O=CNCCN1CCN(C(=O)C(F)(F)F)CC1.O=CNc1cc(Cl)c(F)cc1C1CNCC1c1cccc(Cl)c1. The van der Waals surface area contributed by atoms with Crippen LogP contribution in [0.4, 0.5) is 23.2 Å². The van der Waals surface area contributed by atoms with Gasteiger partial charge in [0.05, 0.1) is 5.02 Å². The fourth-order valence-corrected chi connectivity index (χ4v) is 5.15. The molecule has 0 saturated carbocycles. The van der Waals surface area contributed by atoms with E-state index in [2.05, 4.69) is 43.6 Å². The van der Waals surface area contributed by atoms with Crippen molar-refractivity contribution in [3.8, 4) is 0 Å². The Morgan fingerprint density at radius 3 is 2.16 bits per heavy atom. The maximum atomic E-state index is 14.0. The molecule has 2 aliphatic rings. The number of alkyl halides is 3. The summed E-state index contributed by atoms with van der Waals surface area (Å²) in [5.41, 5.74) is 2.85. The second-order valence-corrected chi connectivity index (χ2v) is 13.1. The highest BCUT2D eigenvalue weighted by Crippen LogP contribution is 2.41. The summed E-state index contributed by atoms with van der Waals surface area (Å²) in [6.45, 7) is 12.1. The molecular weight excluding hydrogens is 637 g/mol. The molecule has 3 N–H and O–H groups in total. The van der Waals surface area contributed by atoms with Crippen LogP contribution in [0, 0.1) is 11.2 Å². The minimum absolute atomic E-state index is 0.0108. The summed E-state index contributed by atoms with van der Waals surface area (Å²) in [6, 6.07) is 10.5. The Morgan fingerprint density at radius 1 is 0.978 bits per heavy atom. The Hall–Kier alpha value is -2.93. The van der Waals surface area contributed by atoms with E-state index in [1.165, 1.54) is 12.1 Å². The van der Waals surface area contributed by atoms with Crippen molar-refractivity contribution in [2.24, 2.45) is 5.41 Å². The van der Waals surface area contributed by atoms with Crippen molar-refractivity contribution in [1.82, 2.24) is 20.4 Å². The average molecular weight is 679 g/mol. The number of amides is 3. The fourth-order valence-electron chi connectivity index (χ4n) is 4.79.